The van der Waals surface area contributed by atoms with Crippen LogP contribution >= 0.6 is 126 Å². The highest BCUT2D eigenvalue weighted by Gasteiger charge is 2.19. The van der Waals surface area contributed by atoms with E-state index in [0.717, 1.165) is 5.82 Å². The van der Waals surface area contributed by atoms with Crippen LogP contribution in [-0.4, -0.2) is 152 Å². The summed E-state index contributed by atoms with van der Waals surface area (Å²) in [5.74, 6) is 4.22. The molecular weight excluding hydrogens is 1740 g/mol. The molecule has 45 heteroatoms. The predicted octanol–water partition coefficient (Wildman–Crippen LogP) is 17.4. The molecule has 6 aromatic carbocycles. The van der Waals surface area contributed by atoms with E-state index in [2.05, 4.69) is 67.0 Å². The molecule has 8 rings (SSSR count). The van der Waals surface area contributed by atoms with Gasteiger partial charge >= 0.3 is 20.2 Å². The molecule has 8 aromatic rings. The molecular formula is C68H83Cl11N12O21S. The molecule has 0 saturated carbocycles. The van der Waals surface area contributed by atoms with E-state index in [9.17, 15) is 34.1 Å². The smallest absolute Gasteiger partial charge is 0.317 e. The number of nitro benzene ring substituents is 1. The second-order valence-electron chi connectivity index (χ2n) is 19.7. The number of nitrogens with one attached hydrogen (secondary N) is 3. The van der Waals surface area contributed by atoms with Crippen LogP contribution in [0.4, 0.5) is 45.6 Å². The van der Waals surface area contributed by atoms with Crippen molar-refractivity contribution < 1.29 is 94.5 Å². The summed E-state index contributed by atoms with van der Waals surface area (Å²) >= 11 is 51.8. The first-order valence-electron chi connectivity index (χ1n) is 30.1. The molecule has 0 bridgehead atoms. The topological polar surface area (TPSA) is 462 Å². The van der Waals surface area contributed by atoms with Gasteiger partial charge < -0.3 is 90.4 Å². The molecule has 0 fully saturated rings. The maximum atomic E-state index is 11.0. The zero-order chi connectivity index (χ0) is 86.7. The lowest BCUT2D eigenvalue weighted by Gasteiger charge is -2.14. The van der Waals surface area contributed by atoms with Gasteiger partial charge in [0, 0.05) is 146 Å². The second-order valence-corrected chi connectivity index (χ2v) is 26.8. The number of aromatic nitrogens is 4. The number of aliphatic imine (C=N–C) groups is 1. The number of ether oxygens (including phenoxy) is 11. The molecule has 0 unspecified atom stereocenters. The first-order chi connectivity index (χ1) is 52.4. The van der Waals surface area contributed by atoms with Crippen LogP contribution < -0.4 is 80.5 Å². The fourth-order valence-electron chi connectivity index (χ4n) is 6.64. The number of aliphatic hydroxyl groups is 1. The van der Waals surface area contributed by atoms with E-state index in [0.29, 0.717) is 94.4 Å². The monoisotopic (exact) mass is 1820 g/mol. The van der Waals surface area contributed by atoms with Crippen molar-refractivity contribution in [3.05, 3.63) is 159 Å². The van der Waals surface area contributed by atoms with Gasteiger partial charge in [-0.15, -0.1) is 0 Å². The van der Waals surface area contributed by atoms with Crippen molar-refractivity contribution in [2.75, 3.05) is 111 Å². The van der Waals surface area contributed by atoms with Crippen molar-refractivity contribution >= 4 is 210 Å². The van der Waals surface area contributed by atoms with Crippen LogP contribution in [-0.2, 0) is 37.0 Å². The molecule has 624 valence electrons. The van der Waals surface area contributed by atoms with Gasteiger partial charge in [-0.1, -0.05) is 124 Å². The fraction of sp³-hybridized carbons (Fsp3) is 0.279. The second kappa shape index (κ2) is 60.3. The number of halogens is 11. The number of hydrogen-bond acceptors (Lipinski definition) is 30. The van der Waals surface area contributed by atoms with Gasteiger partial charge in [0.05, 0.1) is 87.4 Å². The number of benzene rings is 6. The van der Waals surface area contributed by atoms with Crippen molar-refractivity contribution in [1.29, 1.82) is 0 Å². The van der Waals surface area contributed by atoms with Gasteiger partial charge in [0.2, 0.25) is 17.9 Å². The van der Waals surface area contributed by atoms with Crippen molar-refractivity contribution in [2.24, 2.45) is 4.99 Å². The average molecular weight is 1830 g/mol. The Balaban J connectivity index is -0.000000588. The number of aliphatic hydroxyl groups excluding tert-OH is 1. The Bertz CT molecular complexity index is 4300. The highest BCUT2D eigenvalue weighted by molar-refractivity contribution is 8.31. The lowest BCUT2D eigenvalue weighted by molar-refractivity contribution is -0.383. The minimum atomic E-state index is -3.72. The number of esters is 2. The number of methoxy groups -OCH3 is 10. The number of para-hydroxylation sites is 2. The van der Waals surface area contributed by atoms with Crippen LogP contribution in [0.3, 0.4) is 0 Å². The highest BCUT2D eigenvalue weighted by Crippen LogP contribution is 2.47. The number of nitrogens with zero attached hydrogens (tertiary/aromatic N) is 6. The maximum Gasteiger partial charge on any atom is 0.317 e. The number of rotatable bonds is 15. The number of anilines is 6. The summed E-state index contributed by atoms with van der Waals surface area (Å²) in [5.41, 5.74) is 18.5. The van der Waals surface area contributed by atoms with Gasteiger partial charge in [0.25, 0.3) is 5.69 Å². The van der Waals surface area contributed by atoms with E-state index in [1.807, 2.05) is 0 Å². The lowest BCUT2D eigenvalue weighted by atomic mass is 10.2. The summed E-state index contributed by atoms with van der Waals surface area (Å²) in [5, 5.41) is 28.8. The number of hydrogen-bond donors (Lipinski definition) is 7. The van der Waals surface area contributed by atoms with Crippen molar-refractivity contribution in [1.82, 2.24) is 19.9 Å². The third-order valence-electron chi connectivity index (χ3n) is 11.1. The van der Waals surface area contributed by atoms with Crippen LogP contribution in [0.1, 0.15) is 49.0 Å². The van der Waals surface area contributed by atoms with E-state index in [1.165, 1.54) is 113 Å². The fourth-order valence-corrected chi connectivity index (χ4v) is 8.82. The van der Waals surface area contributed by atoms with Gasteiger partial charge in [-0.05, 0) is 19.9 Å². The normalized spacial score (nSPS) is 9.33. The molecule has 0 aliphatic heterocycles. The molecule has 33 nitrogen and oxygen atoms in total. The van der Waals surface area contributed by atoms with E-state index in [1.54, 1.807) is 116 Å². The molecule has 2 aromatic heterocycles. The molecule has 113 heavy (non-hydrogen) atoms. The summed E-state index contributed by atoms with van der Waals surface area (Å²) in [7, 11) is 21.7. The van der Waals surface area contributed by atoms with E-state index < -0.39 is 25.1 Å². The molecule has 0 aliphatic carbocycles. The standard InChI is InChI=1S/C10H11Cl2NO3.C10H13NO3.C9H7Cl2NO3.C8H9Cl2NO2.C8H11NO2.C6H6N2O2.C5H6ClN3.C4H2Cl2N2.C4H6O3.C3H8O.CH4.Cl2O2S/c1-5(14)13-10-8(11)6(15-2)4-7(16-3)9(10)12;1-7(12)11-8-4-9(13-2)6-10(5-8)14-3;1-14-5-3-6(15-2)8(11)9(7(5)10)12-4-13;1-12-4-3-5(13-2)7(10)8(11)6(4)9;1-10-7-3-6(9)4-8(5-7)11-2;7-5-3-1-2-4-6(5)8(9)10;1-7-5-2-4(6)8-3-9-5;5-3-1-4(6)8-2-7-3;1-3(5)7-4(2)6;1-3(2)4;;1-5(2,3)4/h4H,1-3H3,(H,13,14);4-6H,1-3H3,(H,11,12);3H,1-2H3;3H,11H2,1-2H3;3-5H,9H2,1-2H3;1-4H,7H2;2-3H,1H3,(H,7,8,9);1-2H;1-2H3;3-4H,1-2H3;1H4;. The van der Waals surface area contributed by atoms with E-state index in [4.69, 9.17) is 183 Å². The van der Waals surface area contributed by atoms with Crippen LogP contribution in [0.15, 0.2) is 109 Å². The number of nitrogens with two attached hydrogens (primary N) is 3. The summed E-state index contributed by atoms with van der Waals surface area (Å²) < 4.78 is 72.3. The Labute approximate surface area is 707 Å². The van der Waals surface area contributed by atoms with Crippen LogP contribution in [0.2, 0.25) is 45.6 Å². The number of isocyanates is 1. The molecule has 10 N–H and O–H groups in total. The molecule has 0 saturated heterocycles. The zero-order valence-electron chi connectivity index (χ0n) is 62.5. The average Bonchev–Trinajstić information content (AvgIpc) is 0.819. The summed E-state index contributed by atoms with van der Waals surface area (Å²) in [4.78, 5) is 79.4. The van der Waals surface area contributed by atoms with Crippen molar-refractivity contribution in [3.8, 4) is 57.5 Å². The van der Waals surface area contributed by atoms with Gasteiger partial charge in [0.1, 0.15) is 133 Å². The third kappa shape index (κ3) is 48.3. The Hall–Kier alpha value is -9.36. The lowest BCUT2D eigenvalue weighted by Crippen LogP contribution is -2.08. The molecule has 0 atom stereocenters. The molecule has 0 aliphatic rings. The molecule has 0 spiro atoms. The quantitative estimate of drug-likeness (QED) is 0.00577. The number of nitro groups is 1. The van der Waals surface area contributed by atoms with Gasteiger partial charge in [0.15, 0.2) is 0 Å². The SMILES string of the molecule is C.CC(=O)OC(C)=O.CC(C)O.CNc1cc(Cl)ncn1.COc1cc(N)cc(OC)c1.COc1cc(NC(C)=O)cc(OC)c1.COc1cc(OC)c(Cl)c(N)c1Cl.COc1cc(OC)c(Cl)c(N=C=O)c1Cl.COc1cc(OC)c(Cl)c(NC(C)=O)c1Cl.Clc1cc(Cl)ncn1.Nc1ccccc1[N+](=O)[O-].O=S(=O)(Cl)Cl. The zero-order valence-corrected chi connectivity index (χ0v) is 71.6. The van der Waals surface area contributed by atoms with E-state index in [-0.39, 0.29) is 73.9 Å². The summed E-state index contributed by atoms with van der Waals surface area (Å²) in [6.07, 6.45) is 3.92. The number of amides is 2. The summed E-state index contributed by atoms with van der Waals surface area (Å²) in [6.45, 7) is 8.62. The molecule has 0 radical (unpaired) electrons. The Kier molecular flexibility index (Phi) is 58.7. The Morgan fingerprint density at radius 1 is 0.522 bits per heavy atom. The number of carbonyl (C=O) groups excluding carboxylic acids is 5. The maximum absolute atomic E-state index is 11.0. The first-order valence-corrected chi connectivity index (χ1v) is 36.6. The van der Waals surface area contributed by atoms with Crippen LogP contribution in [0.25, 0.3) is 0 Å². The largest absolute Gasteiger partial charge is 0.497 e. The minimum absolute atomic E-state index is 0. The third-order valence-corrected chi connectivity index (χ3v) is 14.0. The van der Waals surface area contributed by atoms with Gasteiger partial charge in [-0.2, -0.15) is 13.4 Å². The number of carbonyl (C=O) groups is 4. The predicted molar refractivity (Wildman–Crippen MR) is 446 cm³/mol. The highest BCUT2D eigenvalue weighted by atomic mass is 36.0. The van der Waals surface area contributed by atoms with Crippen LogP contribution in [0.5, 0.6) is 57.5 Å². The van der Waals surface area contributed by atoms with Gasteiger partial charge in [-0.25, -0.2) is 24.7 Å². The summed E-state index contributed by atoms with van der Waals surface area (Å²) in [6, 6.07) is 24.3. The van der Waals surface area contributed by atoms with Crippen molar-refractivity contribution in [3.63, 3.8) is 0 Å². The minimum Gasteiger partial charge on any atom is -0.497 e. The molecule has 2 heterocycles. The number of nitrogen functional groups attached to an aromatic ring is 3. The first kappa shape index (κ1) is 110. The van der Waals surface area contributed by atoms with Crippen LogP contribution in [0, 0.1) is 10.1 Å². The van der Waals surface area contributed by atoms with Crippen molar-refractivity contribution in [2.45, 2.75) is 55.1 Å². The van der Waals surface area contributed by atoms with E-state index >= 15 is 0 Å². The molecule has 2 amide bonds. The Morgan fingerprint density at radius 2 is 0.850 bits per heavy atom. The Morgan fingerprint density at radius 3 is 1.11 bits per heavy atom. The van der Waals surface area contributed by atoms with Gasteiger partial charge in [-0.3, -0.25) is 29.3 Å².